The first-order valence-corrected chi connectivity index (χ1v) is 12.2. The Kier molecular flexibility index (Phi) is 9.09. The largest absolute Gasteiger partial charge is 0.392 e. The standard InChI is InChI=1S/C25H35ClFN3O4/c1-25(2)9-12-28(17-22(25)32)16-19(31)7-10-29-13-14-30(11-8-24(29)34)23(33)6-4-18-3-5-21(27)20(26)15-18/h3-6,15,19,22,31-32H,7-14,16-17H2,1-2H3/b6-4+/t19-,22?/m1/s1. The molecule has 0 aliphatic carbocycles. The lowest BCUT2D eigenvalue weighted by Crippen LogP contribution is -2.50. The third-order valence-electron chi connectivity index (χ3n) is 6.87. The fourth-order valence-corrected chi connectivity index (χ4v) is 4.46. The summed E-state index contributed by atoms with van der Waals surface area (Å²) in [5.41, 5.74) is 0.510. The van der Waals surface area contributed by atoms with Crippen LogP contribution in [-0.4, -0.2) is 94.7 Å². The highest BCUT2D eigenvalue weighted by Gasteiger charge is 2.34. The fourth-order valence-electron chi connectivity index (χ4n) is 4.27. The Balaban J connectivity index is 1.45. The molecule has 2 aliphatic heterocycles. The van der Waals surface area contributed by atoms with Crippen LogP contribution >= 0.6 is 11.6 Å². The van der Waals surface area contributed by atoms with Crippen molar-refractivity contribution in [2.45, 2.75) is 45.3 Å². The number of rotatable bonds is 7. The average Bonchev–Trinajstić information content (AvgIpc) is 2.97. The molecule has 2 saturated heterocycles. The highest BCUT2D eigenvalue weighted by Crippen LogP contribution is 2.30. The minimum Gasteiger partial charge on any atom is -0.392 e. The molecule has 2 N–H and O–H groups in total. The van der Waals surface area contributed by atoms with Gasteiger partial charge in [0, 0.05) is 51.8 Å². The van der Waals surface area contributed by atoms with Crippen molar-refractivity contribution in [2.75, 3.05) is 45.8 Å². The van der Waals surface area contributed by atoms with Crippen LogP contribution in [0.5, 0.6) is 0 Å². The number of hydrogen-bond donors (Lipinski definition) is 2. The van der Waals surface area contributed by atoms with Crippen LogP contribution in [0.4, 0.5) is 4.39 Å². The first kappa shape index (κ1) is 26.6. The van der Waals surface area contributed by atoms with Crippen LogP contribution in [0.2, 0.25) is 5.02 Å². The van der Waals surface area contributed by atoms with Gasteiger partial charge in [0.25, 0.3) is 0 Å². The van der Waals surface area contributed by atoms with Crippen molar-refractivity contribution < 1.29 is 24.2 Å². The van der Waals surface area contributed by atoms with Gasteiger partial charge in [-0.1, -0.05) is 31.5 Å². The minimum absolute atomic E-state index is 0.00639. The number of nitrogens with zero attached hydrogens (tertiary/aromatic N) is 3. The molecule has 2 heterocycles. The van der Waals surface area contributed by atoms with Crippen molar-refractivity contribution in [3.05, 3.63) is 40.7 Å². The molecule has 2 aliphatic rings. The maximum atomic E-state index is 13.3. The molecule has 2 amide bonds. The van der Waals surface area contributed by atoms with Gasteiger partial charge in [0.05, 0.1) is 17.2 Å². The number of benzene rings is 1. The lowest BCUT2D eigenvalue weighted by molar-refractivity contribution is -0.130. The van der Waals surface area contributed by atoms with Crippen LogP contribution in [0.25, 0.3) is 6.08 Å². The van der Waals surface area contributed by atoms with Crippen LogP contribution in [0.1, 0.15) is 38.7 Å². The Bertz CT molecular complexity index is 910. The summed E-state index contributed by atoms with van der Waals surface area (Å²) in [5.74, 6) is -0.771. The minimum atomic E-state index is -0.590. The van der Waals surface area contributed by atoms with E-state index in [2.05, 4.69) is 18.7 Å². The van der Waals surface area contributed by atoms with E-state index in [4.69, 9.17) is 11.6 Å². The molecule has 0 aromatic heterocycles. The summed E-state index contributed by atoms with van der Waals surface area (Å²) in [5, 5.41) is 20.8. The van der Waals surface area contributed by atoms with E-state index in [1.807, 2.05) is 0 Å². The molecular weight excluding hydrogens is 461 g/mol. The molecule has 1 aromatic carbocycles. The van der Waals surface area contributed by atoms with E-state index in [1.54, 1.807) is 15.9 Å². The zero-order chi connectivity index (χ0) is 24.9. The number of aliphatic hydroxyl groups excluding tert-OH is 2. The van der Waals surface area contributed by atoms with Gasteiger partial charge in [-0.3, -0.25) is 14.5 Å². The summed E-state index contributed by atoms with van der Waals surface area (Å²) in [4.78, 5) is 30.5. The summed E-state index contributed by atoms with van der Waals surface area (Å²) in [7, 11) is 0. The van der Waals surface area contributed by atoms with Crippen LogP contribution < -0.4 is 0 Å². The number of β-amino-alcohol motifs (C(OH)–C–C–N with tert-alkyl or cyclic N) is 2. The molecule has 0 spiro atoms. The van der Waals surface area contributed by atoms with Crippen molar-refractivity contribution >= 4 is 29.5 Å². The number of aliphatic hydroxyl groups is 2. The second-order valence-corrected chi connectivity index (χ2v) is 10.3. The molecule has 0 bridgehead atoms. The molecule has 188 valence electrons. The predicted octanol–water partition coefficient (Wildman–Crippen LogP) is 2.40. The van der Waals surface area contributed by atoms with Gasteiger partial charge in [-0.25, -0.2) is 4.39 Å². The number of hydrogen-bond acceptors (Lipinski definition) is 5. The monoisotopic (exact) mass is 495 g/mol. The molecule has 2 atom stereocenters. The third kappa shape index (κ3) is 7.25. The lowest BCUT2D eigenvalue weighted by atomic mass is 9.80. The molecule has 7 nitrogen and oxygen atoms in total. The number of amides is 2. The van der Waals surface area contributed by atoms with Gasteiger partial charge in [0.15, 0.2) is 0 Å². The second-order valence-electron chi connectivity index (χ2n) is 9.92. The quantitative estimate of drug-likeness (QED) is 0.567. The number of halogens is 2. The van der Waals surface area contributed by atoms with Gasteiger partial charge in [0.1, 0.15) is 5.82 Å². The van der Waals surface area contributed by atoms with Crippen molar-refractivity contribution in [2.24, 2.45) is 5.41 Å². The number of carbonyl (C=O) groups excluding carboxylic acids is 2. The number of likely N-dealkylation sites (tertiary alicyclic amines) is 1. The van der Waals surface area contributed by atoms with Gasteiger partial charge in [-0.2, -0.15) is 0 Å². The van der Waals surface area contributed by atoms with Gasteiger partial charge >= 0.3 is 0 Å². The van der Waals surface area contributed by atoms with E-state index >= 15 is 0 Å². The summed E-state index contributed by atoms with van der Waals surface area (Å²) < 4.78 is 13.3. The van der Waals surface area contributed by atoms with E-state index in [0.29, 0.717) is 51.3 Å². The second kappa shape index (κ2) is 11.6. The van der Waals surface area contributed by atoms with E-state index in [-0.39, 0.29) is 28.7 Å². The summed E-state index contributed by atoms with van der Waals surface area (Å²) >= 11 is 5.78. The predicted molar refractivity (Wildman–Crippen MR) is 130 cm³/mol. The normalized spacial score (nSPS) is 22.8. The highest BCUT2D eigenvalue weighted by molar-refractivity contribution is 6.30. The fraction of sp³-hybridized carbons (Fsp3) is 0.600. The summed E-state index contributed by atoms with van der Waals surface area (Å²) in [6.45, 7) is 7.52. The van der Waals surface area contributed by atoms with Crippen molar-refractivity contribution in [1.29, 1.82) is 0 Å². The smallest absolute Gasteiger partial charge is 0.246 e. The Morgan fingerprint density at radius 2 is 2.06 bits per heavy atom. The van der Waals surface area contributed by atoms with Crippen molar-refractivity contribution in [3.63, 3.8) is 0 Å². The van der Waals surface area contributed by atoms with Gasteiger partial charge in [-0.05, 0) is 48.6 Å². The van der Waals surface area contributed by atoms with E-state index in [0.717, 1.165) is 13.0 Å². The summed E-state index contributed by atoms with van der Waals surface area (Å²) in [6, 6.07) is 4.23. The van der Waals surface area contributed by atoms with Crippen LogP contribution in [0.15, 0.2) is 24.3 Å². The first-order chi connectivity index (χ1) is 16.0. The van der Waals surface area contributed by atoms with E-state index in [1.165, 1.54) is 24.3 Å². The average molecular weight is 496 g/mol. The molecule has 2 fully saturated rings. The molecule has 0 saturated carbocycles. The maximum absolute atomic E-state index is 13.3. The summed E-state index contributed by atoms with van der Waals surface area (Å²) in [6.07, 6.45) is 3.52. The van der Waals surface area contributed by atoms with Crippen LogP contribution in [0, 0.1) is 11.2 Å². The Labute approximate surface area is 205 Å². The zero-order valence-electron chi connectivity index (χ0n) is 19.9. The number of piperidine rings is 1. The Morgan fingerprint density at radius 3 is 2.76 bits per heavy atom. The van der Waals surface area contributed by atoms with Crippen molar-refractivity contribution in [1.82, 2.24) is 14.7 Å². The molecule has 0 radical (unpaired) electrons. The van der Waals surface area contributed by atoms with E-state index in [9.17, 15) is 24.2 Å². The van der Waals surface area contributed by atoms with Crippen LogP contribution in [0.3, 0.4) is 0 Å². The third-order valence-corrected chi connectivity index (χ3v) is 7.16. The zero-order valence-corrected chi connectivity index (χ0v) is 20.7. The van der Waals surface area contributed by atoms with Crippen molar-refractivity contribution in [3.8, 4) is 0 Å². The number of carbonyl (C=O) groups is 2. The SMILES string of the molecule is CC1(C)CCN(C[C@H](O)CCN2CCN(C(=O)/C=C/c3ccc(F)c(Cl)c3)CCC2=O)CC1O. The molecule has 1 unspecified atom stereocenters. The van der Waals surface area contributed by atoms with Crippen LogP contribution in [-0.2, 0) is 9.59 Å². The Morgan fingerprint density at radius 1 is 1.29 bits per heavy atom. The topological polar surface area (TPSA) is 84.3 Å². The molecule has 3 rings (SSSR count). The molecule has 34 heavy (non-hydrogen) atoms. The molecule has 1 aromatic rings. The maximum Gasteiger partial charge on any atom is 0.246 e. The Hall–Kier alpha value is -2.00. The highest BCUT2D eigenvalue weighted by atomic mass is 35.5. The van der Waals surface area contributed by atoms with Gasteiger partial charge in [0.2, 0.25) is 11.8 Å². The molecule has 9 heteroatoms. The van der Waals surface area contributed by atoms with Gasteiger partial charge < -0.3 is 20.0 Å². The van der Waals surface area contributed by atoms with E-state index < -0.39 is 18.0 Å². The molecular formula is C25H35ClFN3O4. The van der Waals surface area contributed by atoms with Gasteiger partial charge in [-0.15, -0.1) is 0 Å². The first-order valence-electron chi connectivity index (χ1n) is 11.8. The lowest BCUT2D eigenvalue weighted by Gasteiger charge is -2.41.